The second kappa shape index (κ2) is 9.63. The Bertz CT molecular complexity index is 1370. The molecule has 9 heteroatoms. The van der Waals surface area contributed by atoms with Crippen LogP contribution in [0.25, 0.3) is 11.4 Å². The molecule has 0 fully saturated rings. The highest BCUT2D eigenvalue weighted by Gasteiger charge is 2.38. The van der Waals surface area contributed by atoms with Crippen molar-refractivity contribution in [2.24, 2.45) is 0 Å². The van der Waals surface area contributed by atoms with Crippen molar-refractivity contribution in [1.82, 2.24) is 14.9 Å². The molecule has 0 bridgehead atoms. The number of amides is 1. The molecule has 2 heterocycles. The summed E-state index contributed by atoms with van der Waals surface area (Å²) in [5.41, 5.74) is 7.41. The van der Waals surface area contributed by atoms with Gasteiger partial charge in [-0.3, -0.25) is 4.79 Å². The SMILES string of the molecule is COC(=O)c1ccc([C@H]2Nn3c(nnc3-c3ccccc3)S[C@@H]2C(=O)Nc2cccc(C)c2)cc1. The van der Waals surface area contributed by atoms with Gasteiger partial charge in [0, 0.05) is 11.3 Å². The number of anilines is 1. The van der Waals surface area contributed by atoms with Crippen molar-refractivity contribution in [3.8, 4) is 11.4 Å². The summed E-state index contributed by atoms with van der Waals surface area (Å²) in [6, 6.07) is 24.0. The number of rotatable bonds is 5. The Morgan fingerprint density at radius 3 is 2.49 bits per heavy atom. The summed E-state index contributed by atoms with van der Waals surface area (Å²) >= 11 is 1.35. The number of nitrogens with one attached hydrogen (secondary N) is 2. The predicted molar refractivity (Wildman–Crippen MR) is 135 cm³/mol. The third-order valence-electron chi connectivity index (χ3n) is 5.70. The third kappa shape index (κ3) is 4.63. The molecule has 0 saturated heterocycles. The lowest BCUT2D eigenvalue weighted by molar-refractivity contribution is -0.116. The van der Waals surface area contributed by atoms with E-state index in [0.717, 1.165) is 22.4 Å². The van der Waals surface area contributed by atoms with Crippen molar-refractivity contribution in [3.05, 3.63) is 95.6 Å². The van der Waals surface area contributed by atoms with Crippen LogP contribution >= 0.6 is 11.8 Å². The van der Waals surface area contributed by atoms with Crippen LogP contribution in [-0.4, -0.2) is 39.1 Å². The number of esters is 1. The van der Waals surface area contributed by atoms with Crippen molar-refractivity contribution in [1.29, 1.82) is 0 Å². The van der Waals surface area contributed by atoms with Crippen molar-refractivity contribution in [3.63, 3.8) is 0 Å². The Morgan fingerprint density at radius 2 is 1.77 bits per heavy atom. The lowest BCUT2D eigenvalue weighted by atomic mass is 10.0. The minimum absolute atomic E-state index is 0.161. The third-order valence-corrected chi connectivity index (χ3v) is 6.92. The quantitative estimate of drug-likeness (QED) is 0.403. The Balaban J connectivity index is 1.51. The van der Waals surface area contributed by atoms with E-state index >= 15 is 0 Å². The van der Waals surface area contributed by atoms with Gasteiger partial charge in [0.2, 0.25) is 11.1 Å². The Labute approximate surface area is 206 Å². The van der Waals surface area contributed by atoms with E-state index in [1.807, 2.05) is 78.3 Å². The molecule has 0 radical (unpaired) electrons. The topological polar surface area (TPSA) is 98.1 Å². The number of carbonyl (C=O) groups is 2. The zero-order chi connectivity index (χ0) is 24.4. The minimum Gasteiger partial charge on any atom is -0.465 e. The molecule has 1 amide bonds. The van der Waals surface area contributed by atoms with Gasteiger partial charge >= 0.3 is 5.97 Å². The first-order valence-electron chi connectivity index (χ1n) is 11.0. The van der Waals surface area contributed by atoms with Gasteiger partial charge in [-0.2, -0.15) is 0 Å². The fraction of sp³-hybridized carbons (Fsp3) is 0.154. The van der Waals surface area contributed by atoms with Crippen LogP contribution in [0.4, 0.5) is 5.69 Å². The fourth-order valence-corrected chi connectivity index (χ4v) is 5.04. The molecule has 1 aliphatic heterocycles. The molecular weight excluding hydrogens is 462 g/mol. The average molecular weight is 486 g/mol. The van der Waals surface area contributed by atoms with E-state index in [1.54, 1.807) is 12.1 Å². The summed E-state index contributed by atoms with van der Waals surface area (Å²) < 4.78 is 6.63. The first-order valence-corrected chi connectivity index (χ1v) is 11.9. The van der Waals surface area contributed by atoms with E-state index in [-0.39, 0.29) is 5.91 Å². The average Bonchev–Trinajstić information content (AvgIpc) is 3.31. The molecule has 5 rings (SSSR count). The molecule has 1 aliphatic rings. The van der Waals surface area contributed by atoms with E-state index in [1.165, 1.54) is 18.9 Å². The van der Waals surface area contributed by atoms with E-state index in [4.69, 9.17) is 4.74 Å². The smallest absolute Gasteiger partial charge is 0.337 e. The molecular formula is C26H23N5O3S. The van der Waals surface area contributed by atoms with Gasteiger partial charge in [0.1, 0.15) is 5.25 Å². The molecule has 3 aromatic carbocycles. The molecule has 2 N–H and O–H groups in total. The second-order valence-electron chi connectivity index (χ2n) is 8.13. The van der Waals surface area contributed by atoms with Crippen molar-refractivity contribution in [2.75, 3.05) is 17.9 Å². The molecule has 35 heavy (non-hydrogen) atoms. The normalized spacial score (nSPS) is 16.6. The number of methoxy groups -OCH3 is 1. The summed E-state index contributed by atoms with van der Waals surface area (Å²) in [6.45, 7) is 1.98. The summed E-state index contributed by atoms with van der Waals surface area (Å²) in [6.07, 6.45) is 0. The molecule has 176 valence electrons. The zero-order valence-corrected chi connectivity index (χ0v) is 20.0. The standard InChI is InChI=1S/C26H23N5O3S/c1-16-7-6-10-20(15-16)27-24(32)22-21(17-11-13-19(14-12-17)25(33)34-2)30-31-23(28-29-26(31)35-22)18-8-4-3-5-9-18/h3-15,21-22,30H,1-2H3,(H,27,32)/t21-,22+/m1/s1. The van der Waals surface area contributed by atoms with Crippen LogP contribution in [0.3, 0.4) is 0 Å². The zero-order valence-electron chi connectivity index (χ0n) is 19.1. The van der Waals surface area contributed by atoms with Gasteiger partial charge in [0.25, 0.3) is 0 Å². The van der Waals surface area contributed by atoms with Crippen LogP contribution in [0, 0.1) is 6.92 Å². The van der Waals surface area contributed by atoms with Gasteiger partial charge in [-0.15, -0.1) is 10.2 Å². The van der Waals surface area contributed by atoms with Gasteiger partial charge in [-0.25, -0.2) is 9.47 Å². The molecule has 2 atom stereocenters. The number of ether oxygens (including phenoxy) is 1. The summed E-state index contributed by atoms with van der Waals surface area (Å²) in [5.74, 6) is 0.0798. The van der Waals surface area contributed by atoms with Crippen LogP contribution in [0.5, 0.6) is 0 Å². The van der Waals surface area contributed by atoms with Gasteiger partial charge in [-0.05, 0) is 42.3 Å². The maximum Gasteiger partial charge on any atom is 0.337 e. The number of hydrogen-bond donors (Lipinski definition) is 2. The monoisotopic (exact) mass is 485 g/mol. The highest BCUT2D eigenvalue weighted by molar-refractivity contribution is 8.00. The highest BCUT2D eigenvalue weighted by Crippen LogP contribution is 2.39. The largest absolute Gasteiger partial charge is 0.465 e. The van der Waals surface area contributed by atoms with E-state index in [9.17, 15) is 9.59 Å². The maximum atomic E-state index is 13.5. The predicted octanol–water partition coefficient (Wildman–Crippen LogP) is 4.44. The van der Waals surface area contributed by atoms with Crippen molar-refractivity contribution < 1.29 is 14.3 Å². The van der Waals surface area contributed by atoms with Gasteiger partial charge in [0.15, 0.2) is 5.82 Å². The van der Waals surface area contributed by atoms with Crippen molar-refractivity contribution >= 4 is 29.3 Å². The Morgan fingerprint density at radius 1 is 1.00 bits per heavy atom. The van der Waals surface area contributed by atoms with E-state index in [2.05, 4.69) is 20.9 Å². The number of benzene rings is 3. The van der Waals surface area contributed by atoms with Crippen molar-refractivity contribution in [2.45, 2.75) is 23.4 Å². The lowest BCUT2D eigenvalue weighted by Crippen LogP contribution is -2.41. The summed E-state index contributed by atoms with van der Waals surface area (Å²) in [7, 11) is 1.35. The van der Waals surface area contributed by atoms with Crippen LogP contribution in [0.15, 0.2) is 84.0 Å². The number of thioether (sulfide) groups is 1. The number of carbonyl (C=O) groups excluding carboxylic acids is 2. The number of nitrogens with zero attached hydrogens (tertiary/aromatic N) is 3. The number of aromatic nitrogens is 3. The molecule has 0 unspecified atom stereocenters. The van der Waals surface area contributed by atoms with Crippen LogP contribution < -0.4 is 10.7 Å². The van der Waals surface area contributed by atoms with Gasteiger partial charge in [-0.1, -0.05) is 66.4 Å². The van der Waals surface area contributed by atoms with Gasteiger partial charge in [0.05, 0.1) is 18.7 Å². The molecule has 1 aromatic heterocycles. The number of hydrogen-bond acceptors (Lipinski definition) is 7. The first kappa shape index (κ1) is 22.7. The first-order chi connectivity index (χ1) is 17.0. The summed E-state index contributed by atoms with van der Waals surface area (Å²) in [4.78, 5) is 25.4. The Kier molecular flexibility index (Phi) is 6.24. The molecule has 8 nitrogen and oxygen atoms in total. The highest BCUT2D eigenvalue weighted by atomic mass is 32.2. The van der Waals surface area contributed by atoms with Crippen LogP contribution in [0.1, 0.15) is 27.5 Å². The molecule has 0 saturated carbocycles. The lowest BCUT2D eigenvalue weighted by Gasteiger charge is -2.33. The number of aryl methyl sites for hydroxylation is 1. The fourth-order valence-electron chi connectivity index (χ4n) is 3.96. The minimum atomic E-state index is -0.542. The molecule has 0 aliphatic carbocycles. The number of fused-ring (bicyclic) bond motifs is 1. The van der Waals surface area contributed by atoms with Crippen LogP contribution in [-0.2, 0) is 9.53 Å². The van der Waals surface area contributed by atoms with Crippen LogP contribution in [0.2, 0.25) is 0 Å². The second-order valence-corrected chi connectivity index (χ2v) is 9.23. The Hall–Kier alpha value is -4.11. The summed E-state index contributed by atoms with van der Waals surface area (Å²) in [5, 5.41) is 11.8. The van der Waals surface area contributed by atoms with E-state index in [0.29, 0.717) is 16.5 Å². The molecule has 0 spiro atoms. The van der Waals surface area contributed by atoms with E-state index < -0.39 is 17.3 Å². The molecule has 4 aromatic rings. The maximum absolute atomic E-state index is 13.5. The van der Waals surface area contributed by atoms with Gasteiger partial charge < -0.3 is 15.5 Å².